The van der Waals surface area contributed by atoms with Crippen molar-refractivity contribution in [2.24, 2.45) is 0 Å². The first-order valence-electron chi connectivity index (χ1n) is 6.71. The number of hydrogen-bond donors (Lipinski definition) is 1. The molecule has 4 heteroatoms. The van der Waals surface area contributed by atoms with Crippen molar-refractivity contribution in [3.05, 3.63) is 53.6 Å². The van der Waals surface area contributed by atoms with Crippen LogP contribution in [0.1, 0.15) is 17.2 Å². The highest BCUT2D eigenvalue weighted by Gasteiger charge is 2.17. The number of rotatable bonds is 6. The van der Waals surface area contributed by atoms with Gasteiger partial charge in [-0.1, -0.05) is 30.3 Å². The Kier molecular flexibility index (Phi) is 5.06. The van der Waals surface area contributed by atoms with Crippen LogP contribution < -0.4 is 14.2 Å². The first kappa shape index (κ1) is 15.2. The van der Waals surface area contributed by atoms with Crippen LogP contribution in [0.5, 0.6) is 17.2 Å². The number of methoxy groups -OCH3 is 3. The van der Waals surface area contributed by atoms with Crippen molar-refractivity contribution >= 4 is 0 Å². The van der Waals surface area contributed by atoms with Crippen LogP contribution in [0.15, 0.2) is 42.5 Å². The summed E-state index contributed by atoms with van der Waals surface area (Å²) < 4.78 is 15.9. The third-order valence-corrected chi connectivity index (χ3v) is 3.34. The van der Waals surface area contributed by atoms with Gasteiger partial charge in [-0.15, -0.1) is 0 Å². The molecular weight excluding hydrogens is 268 g/mol. The zero-order chi connectivity index (χ0) is 15.2. The van der Waals surface area contributed by atoms with Gasteiger partial charge in [-0.05, 0) is 23.3 Å². The number of hydrogen-bond acceptors (Lipinski definition) is 4. The second kappa shape index (κ2) is 6.99. The molecule has 1 N–H and O–H groups in total. The number of ether oxygens (including phenoxy) is 3. The van der Waals surface area contributed by atoms with Gasteiger partial charge in [0.15, 0.2) is 11.5 Å². The van der Waals surface area contributed by atoms with Gasteiger partial charge in [0, 0.05) is 6.42 Å². The SMILES string of the molecule is COc1cc(C(O)Cc2ccccc2)cc(OC)c1OC. The van der Waals surface area contributed by atoms with E-state index in [4.69, 9.17) is 14.2 Å². The monoisotopic (exact) mass is 288 g/mol. The molecule has 0 aliphatic carbocycles. The Balaban J connectivity index is 2.30. The first-order chi connectivity index (χ1) is 10.2. The van der Waals surface area contributed by atoms with Gasteiger partial charge in [0.25, 0.3) is 0 Å². The fraction of sp³-hybridized carbons (Fsp3) is 0.294. The molecule has 112 valence electrons. The molecule has 1 atom stereocenters. The summed E-state index contributed by atoms with van der Waals surface area (Å²) in [6.07, 6.45) is -0.111. The topological polar surface area (TPSA) is 47.9 Å². The van der Waals surface area contributed by atoms with E-state index < -0.39 is 6.10 Å². The zero-order valence-corrected chi connectivity index (χ0v) is 12.5. The minimum atomic E-state index is -0.638. The molecule has 0 aliphatic rings. The largest absolute Gasteiger partial charge is 0.493 e. The highest BCUT2D eigenvalue weighted by molar-refractivity contribution is 5.54. The van der Waals surface area contributed by atoms with Crippen LogP contribution in [-0.2, 0) is 6.42 Å². The molecule has 0 aromatic heterocycles. The van der Waals surface area contributed by atoms with Crippen LogP contribution in [0.3, 0.4) is 0 Å². The van der Waals surface area contributed by atoms with Gasteiger partial charge >= 0.3 is 0 Å². The van der Waals surface area contributed by atoms with Crippen LogP contribution >= 0.6 is 0 Å². The van der Waals surface area contributed by atoms with Crippen LogP contribution in [0.2, 0.25) is 0 Å². The van der Waals surface area contributed by atoms with E-state index in [1.54, 1.807) is 33.5 Å². The summed E-state index contributed by atoms with van der Waals surface area (Å²) in [7, 11) is 4.68. The molecule has 0 saturated carbocycles. The summed E-state index contributed by atoms with van der Waals surface area (Å²) in [5.74, 6) is 1.61. The lowest BCUT2D eigenvalue weighted by Crippen LogP contribution is -2.04. The lowest BCUT2D eigenvalue weighted by molar-refractivity contribution is 0.177. The molecule has 0 spiro atoms. The Morgan fingerprint density at radius 3 is 1.95 bits per heavy atom. The van der Waals surface area contributed by atoms with Crippen molar-refractivity contribution in [1.29, 1.82) is 0 Å². The van der Waals surface area contributed by atoms with E-state index in [1.807, 2.05) is 30.3 Å². The molecule has 2 aromatic carbocycles. The maximum atomic E-state index is 10.4. The Morgan fingerprint density at radius 2 is 1.48 bits per heavy atom. The second-order valence-electron chi connectivity index (χ2n) is 4.66. The van der Waals surface area contributed by atoms with Crippen LogP contribution in [0.25, 0.3) is 0 Å². The standard InChI is InChI=1S/C17H20O4/c1-19-15-10-13(11-16(20-2)17(15)21-3)14(18)9-12-7-5-4-6-8-12/h4-8,10-11,14,18H,9H2,1-3H3. The molecule has 0 radical (unpaired) electrons. The summed E-state index contributed by atoms with van der Waals surface area (Å²) in [6, 6.07) is 13.4. The van der Waals surface area contributed by atoms with Crippen molar-refractivity contribution < 1.29 is 19.3 Å². The van der Waals surface area contributed by atoms with Crippen LogP contribution in [0.4, 0.5) is 0 Å². The van der Waals surface area contributed by atoms with E-state index in [-0.39, 0.29) is 0 Å². The van der Waals surface area contributed by atoms with Gasteiger partial charge in [-0.3, -0.25) is 0 Å². The minimum Gasteiger partial charge on any atom is -0.493 e. The summed E-state index contributed by atoms with van der Waals surface area (Å²) in [5, 5.41) is 10.4. The smallest absolute Gasteiger partial charge is 0.203 e. The highest BCUT2D eigenvalue weighted by Crippen LogP contribution is 2.40. The van der Waals surface area contributed by atoms with E-state index in [9.17, 15) is 5.11 Å². The molecule has 2 aromatic rings. The normalized spacial score (nSPS) is 11.8. The maximum absolute atomic E-state index is 10.4. The van der Waals surface area contributed by atoms with E-state index >= 15 is 0 Å². The predicted molar refractivity (Wildman–Crippen MR) is 81.2 cm³/mol. The lowest BCUT2D eigenvalue weighted by Gasteiger charge is -2.17. The van der Waals surface area contributed by atoms with Gasteiger partial charge in [-0.25, -0.2) is 0 Å². The minimum absolute atomic E-state index is 0.524. The molecule has 2 rings (SSSR count). The molecule has 1 unspecified atom stereocenters. The van der Waals surface area contributed by atoms with Gasteiger partial charge in [0.05, 0.1) is 27.4 Å². The fourth-order valence-corrected chi connectivity index (χ4v) is 2.25. The second-order valence-corrected chi connectivity index (χ2v) is 4.66. The summed E-state index contributed by atoms with van der Waals surface area (Å²) in [4.78, 5) is 0. The van der Waals surface area contributed by atoms with E-state index in [0.717, 1.165) is 11.1 Å². The van der Waals surface area contributed by atoms with Crippen molar-refractivity contribution in [2.75, 3.05) is 21.3 Å². The average molecular weight is 288 g/mol. The molecule has 21 heavy (non-hydrogen) atoms. The number of aliphatic hydroxyl groups is 1. The Labute approximate surface area is 124 Å². The zero-order valence-electron chi connectivity index (χ0n) is 12.5. The van der Waals surface area contributed by atoms with Crippen molar-refractivity contribution in [3.63, 3.8) is 0 Å². The Bertz CT molecular complexity index is 556. The molecule has 0 heterocycles. The quantitative estimate of drug-likeness (QED) is 0.887. The highest BCUT2D eigenvalue weighted by atomic mass is 16.5. The number of benzene rings is 2. The first-order valence-corrected chi connectivity index (χ1v) is 6.71. The van der Waals surface area contributed by atoms with Crippen molar-refractivity contribution in [1.82, 2.24) is 0 Å². The van der Waals surface area contributed by atoms with E-state index in [1.165, 1.54) is 0 Å². The fourth-order valence-electron chi connectivity index (χ4n) is 2.25. The Morgan fingerprint density at radius 1 is 0.905 bits per heavy atom. The van der Waals surface area contributed by atoms with E-state index in [2.05, 4.69) is 0 Å². The molecule has 0 fully saturated rings. The Hall–Kier alpha value is -2.20. The summed E-state index contributed by atoms with van der Waals surface area (Å²) >= 11 is 0. The molecule has 0 amide bonds. The van der Waals surface area contributed by atoms with Gasteiger partial charge in [0.2, 0.25) is 5.75 Å². The molecule has 0 bridgehead atoms. The lowest BCUT2D eigenvalue weighted by atomic mass is 10.0. The van der Waals surface area contributed by atoms with Crippen LogP contribution in [0, 0.1) is 0 Å². The summed E-state index contributed by atoms with van der Waals surface area (Å²) in [5.41, 5.74) is 1.80. The van der Waals surface area contributed by atoms with Crippen LogP contribution in [-0.4, -0.2) is 26.4 Å². The summed E-state index contributed by atoms with van der Waals surface area (Å²) in [6.45, 7) is 0. The van der Waals surface area contributed by atoms with Gasteiger partial charge in [-0.2, -0.15) is 0 Å². The van der Waals surface area contributed by atoms with E-state index in [0.29, 0.717) is 23.7 Å². The van der Waals surface area contributed by atoms with Gasteiger partial charge < -0.3 is 19.3 Å². The molecular formula is C17H20O4. The predicted octanol–water partition coefficient (Wildman–Crippen LogP) is 2.99. The third kappa shape index (κ3) is 3.47. The third-order valence-electron chi connectivity index (χ3n) is 3.34. The maximum Gasteiger partial charge on any atom is 0.203 e. The van der Waals surface area contributed by atoms with Crippen molar-refractivity contribution in [2.45, 2.75) is 12.5 Å². The molecule has 4 nitrogen and oxygen atoms in total. The average Bonchev–Trinajstić information content (AvgIpc) is 2.54. The molecule has 0 saturated heterocycles. The number of aliphatic hydroxyl groups excluding tert-OH is 1. The van der Waals surface area contributed by atoms with Crippen molar-refractivity contribution in [3.8, 4) is 17.2 Å². The van der Waals surface area contributed by atoms with Gasteiger partial charge in [0.1, 0.15) is 0 Å². The molecule has 0 aliphatic heterocycles.